The molecule has 0 saturated carbocycles. The molecule has 0 spiro atoms. The van der Waals surface area contributed by atoms with Gasteiger partial charge in [-0.2, -0.15) is 5.10 Å². The Hall–Kier alpha value is -2.87. The van der Waals surface area contributed by atoms with Crippen LogP contribution in [0.2, 0.25) is 0 Å². The highest BCUT2D eigenvalue weighted by Gasteiger charge is 2.06. The van der Waals surface area contributed by atoms with E-state index in [1.807, 2.05) is 18.2 Å². The molecule has 0 unspecified atom stereocenters. The number of nitrogens with zero attached hydrogens (tertiary/aromatic N) is 1. The molecular formula is C20H22BrN3O4. The number of carbonyl (C=O) groups is 2. The molecule has 0 saturated heterocycles. The van der Waals surface area contributed by atoms with Crippen molar-refractivity contribution >= 4 is 39.6 Å². The normalized spacial score (nSPS) is 10.5. The van der Waals surface area contributed by atoms with Crippen molar-refractivity contribution in [3.8, 4) is 11.5 Å². The molecule has 7 nitrogen and oxygen atoms in total. The summed E-state index contributed by atoms with van der Waals surface area (Å²) >= 11 is 3.35. The summed E-state index contributed by atoms with van der Waals surface area (Å²) < 4.78 is 11.3. The van der Waals surface area contributed by atoms with Crippen LogP contribution in [0.1, 0.15) is 24.8 Å². The maximum atomic E-state index is 11.9. The lowest BCUT2D eigenvalue weighted by Gasteiger charge is -2.07. The molecule has 2 aromatic rings. The van der Waals surface area contributed by atoms with E-state index in [0.29, 0.717) is 29.2 Å². The van der Waals surface area contributed by atoms with Crippen LogP contribution in [0.15, 0.2) is 52.0 Å². The summed E-state index contributed by atoms with van der Waals surface area (Å²) in [5.41, 5.74) is 3.83. The van der Waals surface area contributed by atoms with Crippen molar-refractivity contribution in [1.82, 2.24) is 5.43 Å². The summed E-state index contributed by atoms with van der Waals surface area (Å²) in [5.74, 6) is 0.858. The Bertz CT molecular complexity index is 855. The maximum Gasteiger partial charge on any atom is 0.240 e. The Balaban J connectivity index is 1.75. The van der Waals surface area contributed by atoms with Crippen molar-refractivity contribution in [2.75, 3.05) is 19.5 Å². The fraction of sp³-hybridized carbons (Fsp3) is 0.250. The summed E-state index contributed by atoms with van der Waals surface area (Å²) in [5, 5.41) is 6.72. The lowest BCUT2D eigenvalue weighted by molar-refractivity contribution is -0.121. The zero-order chi connectivity index (χ0) is 20.4. The Morgan fingerprint density at radius 2 is 1.86 bits per heavy atom. The number of benzene rings is 2. The fourth-order valence-electron chi connectivity index (χ4n) is 2.37. The first-order valence-corrected chi connectivity index (χ1v) is 9.40. The monoisotopic (exact) mass is 447 g/mol. The van der Waals surface area contributed by atoms with Gasteiger partial charge in [0.15, 0.2) is 0 Å². The third-order valence-electron chi connectivity index (χ3n) is 3.75. The number of hydrogen-bond donors (Lipinski definition) is 2. The maximum absolute atomic E-state index is 11.9. The number of nitrogens with one attached hydrogen (secondary N) is 2. The van der Waals surface area contributed by atoms with Gasteiger partial charge in [-0.1, -0.05) is 22.0 Å². The predicted octanol–water partition coefficient (Wildman–Crippen LogP) is 3.73. The van der Waals surface area contributed by atoms with Gasteiger partial charge >= 0.3 is 0 Å². The summed E-state index contributed by atoms with van der Waals surface area (Å²) in [7, 11) is 3.12. The third-order valence-corrected chi connectivity index (χ3v) is 4.24. The first-order chi connectivity index (χ1) is 13.5. The molecule has 0 radical (unpaired) electrons. The molecule has 148 valence electrons. The molecular weight excluding hydrogens is 426 g/mol. The topological polar surface area (TPSA) is 89.0 Å². The number of hydrogen-bond acceptors (Lipinski definition) is 5. The first-order valence-electron chi connectivity index (χ1n) is 8.61. The smallest absolute Gasteiger partial charge is 0.240 e. The van der Waals surface area contributed by atoms with E-state index in [-0.39, 0.29) is 24.7 Å². The molecule has 2 aromatic carbocycles. The molecule has 0 aliphatic heterocycles. The Labute approximate surface area is 172 Å². The molecule has 28 heavy (non-hydrogen) atoms. The molecule has 0 bridgehead atoms. The van der Waals surface area contributed by atoms with Gasteiger partial charge in [-0.3, -0.25) is 9.59 Å². The number of halogens is 1. The summed E-state index contributed by atoms with van der Waals surface area (Å²) in [6, 6.07) is 12.6. The largest absolute Gasteiger partial charge is 0.497 e. The van der Waals surface area contributed by atoms with Crippen molar-refractivity contribution < 1.29 is 19.1 Å². The van der Waals surface area contributed by atoms with Gasteiger partial charge < -0.3 is 14.8 Å². The molecule has 0 aliphatic carbocycles. The van der Waals surface area contributed by atoms with Crippen LogP contribution in [0.5, 0.6) is 11.5 Å². The van der Waals surface area contributed by atoms with E-state index in [0.717, 1.165) is 4.47 Å². The molecule has 8 heteroatoms. The van der Waals surface area contributed by atoms with E-state index >= 15 is 0 Å². The zero-order valence-corrected chi connectivity index (χ0v) is 17.3. The summed E-state index contributed by atoms with van der Waals surface area (Å²) in [6.45, 7) is 0. The van der Waals surface area contributed by atoms with Crippen LogP contribution < -0.4 is 20.2 Å². The highest BCUT2D eigenvalue weighted by Crippen LogP contribution is 2.22. The highest BCUT2D eigenvalue weighted by atomic mass is 79.9. The molecule has 0 atom stereocenters. The van der Waals surface area contributed by atoms with Gasteiger partial charge in [-0.25, -0.2) is 5.43 Å². The molecule has 2 N–H and O–H groups in total. The quantitative estimate of drug-likeness (QED) is 0.452. The van der Waals surface area contributed by atoms with E-state index in [1.165, 1.54) is 6.21 Å². The second-order valence-electron chi connectivity index (χ2n) is 5.81. The van der Waals surface area contributed by atoms with E-state index in [1.54, 1.807) is 38.5 Å². The van der Waals surface area contributed by atoms with E-state index in [2.05, 4.69) is 31.8 Å². The van der Waals surface area contributed by atoms with Crippen LogP contribution in [0.3, 0.4) is 0 Å². The number of rotatable bonds is 9. The minimum absolute atomic E-state index is 0.143. The molecule has 0 aromatic heterocycles. The number of anilines is 1. The second kappa shape index (κ2) is 11.1. The third kappa shape index (κ3) is 7.03. The van der Waals surface area contributed by atoms with Crippen molar-refractivity contribution in [2.24, 2.45) is 5.10 Å². The minimum atomic E-state index is -0.270. The van der Waals surface area contributed by atoms with Gasteiger partial charge in [0.05, 0.1) is 20.4 Å². The SMILES string of the molecule is COc1ccc(OC)c(C=NNC(=O)CCCC(=O)Nc2cccc(Br)c2)c1. The molecule has 0 aliphatic rings. The van der Waals surface area contributed by atoms with Crippen LogP contribution in [0, 0.1) is 0 Å². The van der Waals surface area contributed by atoms with Gasteiger partial charge in [0.25, 0.3) is 0 Å². The van der Waals surface area contributed by atoms with Gasteiger partial charge in [0, 0.05) is 28.6 Å². The van der Waals surface area contributed by atoms with Gasteiger partial charge in [0.1, 0.15) is 11.5 Å². The van der Waals surface area contributed by atoms with E-state index in [4.69, 9.17) is 9.47 Å². The minimum Gasteiger partial charge on any atom is -0.497 e. The van der Waals surface area contributed by atoms with Crippen molar-refractivity contribution in [3.63, 3.8) is 0 Å². The Morgan fingerprint density at radius 3 is 2.57 bits per heavy atom. The average molecular weight is 448 g/mol. The Kier molecular flexibility index (Phi) is 8.48. The second-order valence-corrected chi connectivity index (χ2v) is 6.73. The van der Waals surface area contributed by atoms with Crippen LogP contribution in [-0.2, 0) is 9.59 Å². The number of ether oxygens (including phenoxy) is 2. The van der Waals surface area contributed by atoms with E-state index in [9.17, 15) is 9.59 Å². The number of amides is 2. The van der Waals surface area contributed by atoms with Crippen molar-refractivity contribution in [2.45, 2.75) is 19.3 Å². The van der Waals surface area contributed by atoms with Crippen LogP contribution >= 0.6 is 15.9 Å². The number of methoxy groups -OCH3 is 2. The van der Waals surface area contributed by atoms with Crippen molar-refractivity contribution in [1.29, 1.82) is 0 Å². The lowest BCUT2D eigenvalue weighted by Crippen LogP contribution is -2.18. The van der Waals surface area contributed by atoms with E-state index < -0.39 is 0 Å². The molecule has 0 heterocycles. The first kappa shape index (κ1) is 21.4. The van der Waals surface area contributed by atoms with Gasteiger partial charge in [-0.05, 0) is 42.8 Å². The summed E-state index contributed by atoms with van der Waals surface area (Å²) in [4.78, 5) is 23.8. The standard InChI is InChI=1S/C20H22BrN3O4/c1-27-17-9-10-18(28-2)14(11-17)13-22-24-20(26)8-4-7-19(25)23-16-6-3-5-15(21)12-16/h3,5-6,9-13H,4,7-8H2,1-2H3,(H,23,25)(H,24,26). The summed E-state index contributed by atoms with van der Waals surface area (Å²) in [6.07, 6.45) is 2.34. The van der Waals surface area contributed by atoms with Crippen LogP contribution in [0.4, 0.5) is 5.69 Å². The highest BCUT2D eigenvalue weighted by molar-refractivity contribution is 9.10. The van der Waals surface area contributed by atoms with Gasteiger partial charge in [0.2, 0.25) is 11.8 Å². The zero-order valence-electron chi connectivity index (χ0n) is 15.7. The predicted molar refractivity (Wildman–Crippen MR) is 112 cm³/mol. The Morgan fingerprint density at radius 1 is 1.07 bits per heavy atom. The molecule has 2 rings (SSSR count). The van der Waals surface area contributed by atoms with Crippen molar-refractivity contribution in [3.05, 3.63) is 52.5 Å². The lowest BCUT2D eigenvalue weighted by atomic mass is 10.2. The van der Waals surface area contributed by atoms with Gasteiger partial charge in [-0.15, -0.1) is 0 Å². The van der Waals surface area contributed by atoms with Crippen LogP contribution in [-0.4, -0.2) is 32.2 Å². The number of hydrazone groups is 1. The van der Waals surface area contributed by atoms with Crippen LogP contribution in [0.25, 0.3) is 0 Å². The number of carbonyl (C=O) groups excluding carboxylic acids is 2. The molecule has 2 amide bonds. The fourth-order valence-corrected chi connectivity index (χ4v) is 2.77. The molecule has 0 fully saturated rings. The average Bonchev–Trinajstić information content (AvgIpc) is 2.67.